The minimum atomic E-state index is -0.821. The van der Waals surface area contributed by atoms with Crippen LogP contribution in [0, 0.1) is 11.3 Å². The summed E-state index contributed by atoms with van der Waals surface area (Å²) in [6, 6.07) is 19.3. The zero-order chi connectivity index (χ0) is 17.4. The van der Waals surface area contributed by atoms with Gasteiger partial charge < -0.3 is 10.1 Å². The van der Waals surface area contributed by atoms with Crippen molar-refractivity contribution in [2.45, 2.75) is 25.5 Å². The molecule has 0 fully saturated rings. The highest BCUT2D eigenvalue weighted by Gasteiger charge is 2.21. The lowest BCUT2D eigenvalue weighted by atomic mass is 10.0. The van der Waals surface area contributed by atoms with Crippen LogP contribution in [0.1, 0.15) is 35.3 Å². The summed E-state index contributed by atoms with van der Waals surface area (Å²) in [6.07, 6.45) is -0.868. The Labute approximate surface area is 140 Å². The second-order valence-electron chi connectivity index (χ2n) is 5.27. The van der Waals surface area contributed by atoms with Gasteiger partial charge in [0.1, 0.15) is 6.07 Å². The van der Waals surface area contributed by atoms with E-state index in [1.807, 2.05) is 42.5 Å². The molecule has 0 unspecified atom stereocenters. The normalized spacial score (nSPS) is 12.5. The third kappa shape index (κ3) is 4.96. The van der Waals surface area contributed by atoms with Gasteiger partial charge in [0.25, 0.3) is 5.91 Å². The molecular formula is C19H18N2O3. The quantitative estimate of drug-likeness (QED) is 0.829. The Kier molecular flexibility index (Phi) is 6.09. The lowest BCUT2D eigenvalue weighted by molar-refractivity contribution is -0.146. The molecule has 0 heterocycles. The Morgan fingerprint density at radius 1 is 1.08 bits per heavy atom. The highest BCUT2D eigenvalue weighted by atomic mass is 16.5. The molecule has 5 heteroatoms. The van der Waals surface area contributed by atoms with Gasteiger partial charge in [-0.2, -0.15) is 5.26 Å². The van der Waals surface area contributed by atoms with E-state index >= 15 is 0 Å². The third-order valence-corrected chi connectivity index (χ3v) is 3.40. The molecule has 5 nitrogen and oxygen atoms in total. The average Bonchev–Trinajstić information content (AvgIpc) is 2.62. The maximum Gasteiger partial charge on any atom is 0.309 e. The molecule has 0 bridgehead atoms. The maximum absolute atomic E-state index is 12.4. The van der Waals surface area contributed by atoms with Gasteiger partial charge in [-0.1, -0.05) is 48.5 Å². The second-order valence-corrected chi connectivity index (χ2v) is 5.27. The van der Waals surface area contributed by atoms with E-state index in [0.717, 1.165) is 5.56 Å². The Hall–Kier alpha value is -3.13. The van der Waals surface area contributed by atoms with Crippen molar-refractivity contribution >= 4 is 11.9 Å². The van der Waals surface area contributed by atoms with Crippen molar-refractivity contribution in [2.24, 2.45) is 0 Å². The molecule has 122 valence electrons. The maximum atomic E-state index is 12.4. The van der Waals surface area contributed by atoms with Gasteiger partial charge in [0.15, 0.2) is 6.10 Å². The summed E-state index contributed by atoms with van der Waals surface area (Å²) in [7, 11) is 0. The SMILES string of the molecule is C[C@@H](C#N)OC(=O)C[C@H](NC(=O)c1ccccc1)c1ccccc1. The molecule has 2 atom stereocenters. The molecule has 2 rings (SSSR count). The molecule has 0 aromatic heterocycles. The number of nitrogens with zero attached hydrogens (tertiary/aromatic N) is 1. The standard InChI is InChI=1S/C19H18N2O3/c1-14(13-20)24-18(22)12-17(15-8-4-2-5-9-15)21-19(23)16-10-6-3-7-11-16/h2-11,14,17H,12H2,1H3,(H,21,23)/t14-,17-/m0/s1. The number of nitriles is 1. The molecule has 1 N–H and O–H groups in total. The van der Waals surface area contributed by atoms with Crippen molar-refractivity contribution < 1.29 is 14.3 Å². The van der Waals surface area contributed by atoms with E-state index < -0.39 is 18.1 Å². The van der Waals surface area contributed by atoms with Crippen molar-refractivity contribution in [1.29, 1.82) is 5.26 Å². The van der Waals surface area contributed by atoms with Crippen LogP contribution in [0.3, 0.4) is 0 Å². The molecule has 1 amide bonds. The Morgan fingerprint density at radius 2 is 1.67 bits per heavy atom. The molecule has 0 saturated carbocycles. The van der Waals surface area contributed by atoms with Gasteiger partial charge in [-0.3, -0.25) is 9.59 Å². The number of benzene rings is 2. The first-order chi connectivity index (χ1) is 11.6. The van der Waals surface area contributed by atoms with Crippen LogP contribution in [0.4, 0.5) is 0 Å². The molecule has 0 spiro atoms. The fourth-order valence-electron chi connectivity index (χ4n) is 2.21. The molecule has 2 aromatic rings. The number of carbonyl (C=O) groups excluding carboxylic acids is 2. The summed E-state index contributed by atoms with van der Waals surface area (Å²) >= 11 is 0. The minimum absolute atomic E-state index is 0.0470. The predicted octanol–water partition coefficient (Wildman–Crippen LogP) is 3.00. The van der Waals surface area contributed by atoms with E-state index in [2.05, 4.69) is 5.32 Å². The molecule has 24 heavy (non-hydrogen) atoms. The molecule has 0 aliphatic rings. The number of hydrogen-bond acceptors (Lipinski definition) is 4. The third-order valence-electron chi connectivity index (χ3n) is 3.40. The lowest BCUT2D eigenvalue weighted by Crippen LogP contribution is -2.31. The van der Waals surface area contributed by atoms with Gasteiger partial charge in [-0.15, -0.1) is 0 Å². The summed E-state index contributed by atoms with van der Waals surface area (Å²) in [5.74, 6) is -0.808. The Morgan fingerprint density at radius 3 is 2.25 bits per heavy atom. The number of nitrogens with one attached hydrogen (secondary N) is 1. The van der Waals surface area contributed by atoms with Crippen molar-refractivity contribution in [3.8, 4) is 6.07 Å². The highest BCUT2D eigenvalue weighted by Crippen LogP contribution is 2.18. The first-order valence-electron chi connectivity index (χ1n) is 7.60. The summed E-state index contributed by atoms with van der Waals surface area (Å²) in [4.78, 5) is 24.4. The van der Waals surface area contributed by atoms with Gasteiger partial charge in [0, 0.05) is 5.56 Å². The van der Waals surface area contributed by atoms with Crippen molar-refractivity contribution in [3.63, 3.8) is 0 Å². The molecule has 0 aliphatic carbocycles. The first-order valence-corrected chi connectivity index (χ1v) is 7.60. The summed E-state index contributed by atoms with van der Waals surface area (Å²) in [5, 5.41) is 11.6. The van der Waals surface area contributed by atoms with Crippen molar-refractivity contribution in [2.75, 3.05) is 0 Å². The molecular weight excluding hydrogens is 304 g/mol. The fourth-order valence-corrected chi connectivity index (χ4v) is 2.21. The van der Waals surface area contributed by atoms with Crippen LogP contribution in [0.15, 0.2) is 60.7 Å². The van der Waals surface area contributed by atoms with Crippen molar-refractivity contribution in [1.82, 2.24) is 5.32 Å². The van der Waals surface area contributed by atoms with Gasteiger partial charge in [-0.05, 0) is 24.6 Å². The van der Waals surface area contributed by atoms with Crippen LogP contribution in [0.2, 0.25) is 0 Å². The number of esters is 1. The number of ether oxygens (including phenoxy) is 1. The Balaban J connectivity index is 2.13. The van der Waals surface area contributed by atoms with Gasteiger partial charge in [0.2, 0.25) is 0 Å². The van der Waals surface area contributed by atoms with Crippen LogP contribution >= 0.6 is 0 Å². The summed E-state index contributed by atoms with van der Waals surface area (Å²) in [6.45, 7) is 1.50. The zero-order valence-corrected chi connectivity index (χ0v) is 13.3. The van der Waals surface area contributed by atoms with E-state index in [1.54, 1.807) is 24.3 Å². The molecule has 0 saturated heterocycles. The average molecular weight is 322 g/mol. The van der Waals surface area contributed by atoms with E-state index in [4.69, 9.17) is 10.00 Å². The van der Waals surface area contributed by atoms with E-state index in [0.29, 0.717) is 5.56 Å². The second kappa shape index (κ2) is 8.49. The van der Waals surface area contributed by atoms with E-state index in [-0.39, 0.29) is 12.3 Å². The van der Waals surface area contributed by atoms with Crippen LogP contribution in [-0.2, 0) is 9.53 Å². The zero-order valence-electron chi connectivity index (χ0n) is 13.3. The number of carbonyl (C=O) groups is 2. The largest absolute Gasteiger partial charge is 0.447 e. The predicted molar refractivity (Wildman–Crippen MR) is 88.9 cm³/mol. The van der Waals surface area contributed by atoms with E-state index in [9.17, 15) is 9.59 Å². The van der Waals surface area contributed by atoms with Gasteiger partial charge in [0.05, 0.1) is 12.5 Å². The molecule has 2 aromatic carbocycles. The fraction of sp³-hybridized carbons (Fsp3) is 0.211. The van der Waals surface area contributed by atoms with Crippen LogP contribution < -0.4 is 5.32 Å². The van der Waals surface area contributed by atoms with Gasteiger partial charge in [-0.25, -0.2) is 0 Å². The van der Waals surface area contributed by atoms with Gasteiger partial charge >= 0.3 is 5.97 Å². The number of hydrogen-bond donors (Lipinski definition) is 1. The highest BCUT2D eigenvalue weighted by molar-refractivity contribution is 5.94. The van der Waals surface area contributed by atoms with Crippen LogP contribution in [-0.4, -0.2) is 18.0 Å². The summed E-state index contributed by atoms with van der Waals surface area (Å²) < 4.78 is 4.99. The molecule has 0 aliphatic heterocycles. The van der Waals surface area contributed by atoms with Crippen LogP contribution in [0.25, 0.3) is 0 Å². The number of rotatable bonds is 6. The smallest absolute Gasteiger partial charge is 0.309 e. The van der Waals surface area contributed by atoms with Crippen molar-refractivity contribution in [3.05, 3.63) is 71.8 Å². The summed E-state index contributed by atoms with van der Waals surface area (Å²) in [5.41, 5.74) is 1.31. The van der Waals surface area contributed by atoms with Crippen LogP contribution in [0.5, 0.6) is 0 Å². The lowest BCUT2D eigenvalue weighted by Gasteiger charge is -2.19. The molecule has 0 radical (unpaired) electrons. The topological polar surface area (TPSA) is 79.2 Å². The number of amides is 1. The minimum Gasteiger partial charge on any atom is -0.447 e. The monoisotopic (exact) mass is 322 g/mol. The first kappa shape index (κ1) is 17.2. The van der Waals surface area contributed by atoms with E-state index in [1.165, 1.54) is 6.92 Å². The Bertz CT molecular complexity index is 723.